The third-order valence-corrected chi connectivity index (χ3v) is 7.29. The van der Waals surface area contributed by atoms with Crippen LogP contribution in [0.15, 0.2) is 29.2 Å². The number of carbonyl (C=O) groups excluding carboxylic acids is 1. The molecule has 156 valence electrons. The van der Waals surface area contributed by atoms with Crippen molar-refractivity contribution in [3.8, 4) is 0 Å². The van der Waals surface area contributed by atoms with Gasteiger partial charge in [-0.25, -0.2) is 8.42 Å². The lowest BCUT2D eigenvalue weighted by molar-refractivity contribution is -0.887. The molecule has 0 spiro atoms. The molecule has 7 nitrogen and oxygen atoms in total. The topological polar surface area (TPSA) is 80.2 Å². The molecule has 2 saturated heterocycles. The Morgan fingerprint density at radius 3 is 2.36 bits per heavy atom. The molecule has 2 heterocycles. The molecular weight excluding hydrogens is 378 g/mol. The molecule has 0 aliphatic carbocycles. The number of hydrogen-bond donors (Lipinski definition) is 2. The van der Waals surface area contributed by atoms with Crippen LogP contribution in [0.1, 0.15) is 43.5 Å². The van der Waals surface area contributed by atoms with Crippen molar-refractivity contribution in [1.29, 1.82) is 0 Å². The molecule has 3 rings (SSSR count). The summed E-state index contributed by atoms with van der Waals surface area (Å²) in [6, 6.07) is 6.20. The molecule has 2 aliphatic heterocycles. The van der Waals surface area contributed by atoms with Crippen LogP contribution in [0.5, 0.6) is 0 Å². The number of carbonyl (C=O) groups is 1. The van der Waals surface area contributed by atoms with Gasteiger partial charge in [-0.3, -0.25) is 4.79 Å². The van der Waals surface area contributed by atoms with E-state index in [1.807, 2.05) is 13.8 Å². The number of rotatable bonds is 7. The minimum Gasteiger partial charge on any atom is -0.373 e. The molecule has 28 heavy (non-hydrogen) atoms. The highest BCUT2D eigenvalue weighted by Gasteiger charge is 2.32. The van der Waals surface area contributed by atoms with E-state index in [0.29, 0.717) is 25.2 Å². The highest BCUT2D eigenvalue weighted by atomic mass is 32.2. The summed E-state index contributed by atoms with van der Waals surface area (Å²) in [6.45, 7) is 8.64. The number of amides is 1. The summed E-state index contributed by atoms with van der Waals surface area (Å²) in [5, 5.41) is 2.93. The Labute approximate surface area is 168 Å². The SMILES string of the molecule is C[C@H]1CN(S(=O)(=O)c2ccc(C(=O)NCCC[NH+]3CCCC3)cc2)C[C@H](C)O1. The largest absolute Gasteiger partial charge is 0.373 e. The fraction of sp³-hybridized carbons (Fsp3) is 0.650. The van der Waals surface area contributed by atoms with Crippen molar-refractivity contribution in [1.82, 2.24) is 9.62 Å². The zero-order valence-corrected chi connectivity index (χ0v) is 17.6. The van der Waals surface area contributed by atoms with E-state index in [2.05, 4.69) is 5.32 Å². The predicted octanol–water partition coefficient (Wildman–Crippen LogP) is 0.283. The number of ether oxygens (including phenoxy) is 1. The van der Waals surface area contributed by atoms with Crippen LogP contribution in [-0.2, 0) is 14.8 Å². The second-order valence-corrected chi connectivity index (χ2v) is 9.86. The third-order valence-electron chi connectivity index (χ3n) is 5.44. The molecule has 0 bridgehead atoms. The number of morpholine rings is 1. The Bertz CT molecular complexity index is 750. The molecule has 0 unspecified atom stereocenters. The molecule has 8 heteroatoms. The number of sulfonamides is 1. The first kappa shape index (κ1) is 21.2. The Hall–Kier alpha value is -1.48. The molecule has 0 radical (unpaired) electrons. The molecule has 0 aromatic heterocycles. The van der Waals surface area contributed by atoms with Crippen molar-refractivity contribution < 1.29 is 22.8 Å². The van der Waals surface area contributed by atoms with E-state index in [1.54, 1.807) is 17.0 Å². The van der Waals surface area contributed by atoms with Crippen LogP contribution < -0.4 is 10.2 Å². The maximum absolute atomic E-state index is 12.9. The number of nitrogens with zero attached hydrogens (tertiary/aromatic N) is 1. The van der Waals surface area contributed by atoms with Crippen molar-refractivity contribution in [3.05, 3.63) is 29.8 Å². The predicted molar refractivity (Wildman–Crippen MR) is 107 cm³/mol. The lowest BCUT2D eigenvalue weighted by Gasteiger charge is -2.34. The Morgan fingerprint density at radius 2 is 1.75 bits per heavy atom. The molecule has 1 amide bonds. The summed E-state index contributed by atoms with van der Waals surface area (Å²) in [6.07, 6.45) is 3.30. The first-order chi connectivity index (χ1) is 13.4. The standard InChI is InChI=1S/C20H31N3O4S/c1-16-14-23(15-17(2)27-16)28(25,26)19-8-6-18(7-9-19)20(24)21-10-5-13-22-11-3-4-12-22/h6-9,16-17H,3-5,10-15H2,1-2H3,(H,21,24)/p+1/t16-,17-/m0/s1. The fourth-order valence-corrected chi connectivity index (χ4v) is 5.61. The third kappa shape index (κ3) is 5.31. The molecule has 2 fully saturated rings. The van der Waals surface area contributed by atoms with Gasteiger partial charge in [0.2, 0.25) is 10.0 Å². The summed E-state index contributed by atoms with van der Waals surface area (Å²) < 4.78 is 32.8. The van der Waals surface area contributed by atoms with E-state index < -0.39 is 10.0 Å². The average Bonchev–Trinajstić information content (AvgIpc) is 3.18. The summed E-state index contributed by atoms with van der Waals surface area (Å²) in [7, 11) is -3.58. The van der Waals surface area contributed by atoms with Gasteiger partial charge < -0.3 is 15.0 Å². The van der Waals surface area contributed by atoms with Gasteiger partial charge in [-0.15, -0.1) is 0 Å². The molecule has 2 N–H and O–H groups in total. The zero-order chi connectivity index (χ0) is 20.1. The molecule has 0 saturated carbocycles. The van der Waals surface area contributed by atoms with Crippen LogP contribution in [-0.4, -0.2) is 70.1 Å². The first-order valence-corrected chi connectivity index (χ1v) is 11.7. The van der Waals surface area contributed by atoms with Gasteiger partial charge >= 0.3 is 0 Å². The van der Waals surface area contributed by atoms with E-state index in [4.69, 9.17) is 4.74 Å². The maximum Gasteiger partial charge on any atom is 0.251 e. The van der Waals surface area contributed by atoms with Gasteiger partial charge in [-0.1, -0.05) is 0 Å². The number of hydrogen-bond acceptors (Lipinski definition) is 4. The molecule has 2 atom stereocenters. The highest BCUT2D eigenvalue weighted by molar-refractivity contribution is 7.89. The van der Waals surface area contributed by atoms with Crippen LogP contribution in [0.25, 0.3) is 0 Å². The van der Waals surface area contributed by atoms with Crippen LogP contribution >= 0.6 is 0 Å². The summed E-state index contributed by atoms with van der Waals surface area (Å²) in [5.41, 5.74) is 0.483. The quantitative estimate of drug-likeness (QED) is 0.633. The number of quaternary nitrogens is 1. The summed E-state index contributed by atoms with van der Waals surface area (Å²) in [4.78, 5) is 14.1. The second-order valence-electron chi connectivity index (χ2n) is 7.92. The maximum atomic E-state index is 12.9. The van der Waals surface area contributed by atoms with Gasteiger partial charge in [0.25, 0.3) is 5.91 Å². The van der Waals surface area contributed by atoms with Crippen LogP contribution in [0.3, 0.4) is 0 Å². The van der Waals surface area contributed by atoms with Crippen molar-refractivity contribution >= 4 is 15.9 Å². The van der Waals surface area contributed by atoms with Crippen molar-refractivity contribution in [3.63, 3.8) is 0 Å². The van der Waals surface area contributed by atoms with Gasteiger partial charge in [-0.2, -0.15) is 4.31 Å². The minimum atomic E-state index is -3.58. The normalized spacial score (nSPS) is 24.4. The minimum absolute atomic E-state index is 0.133. The monoisotopic (exact) mass is 410 g/mol. The van der Waals surface area contributed by atoms with E-state index in [9.17, 15) is 13.2 Å². The van der Waals surface area contributed by atoms with E-state index in [-0.39, 0.29) is 23.0 Å². The first-order valence-electron chi connectivity index (χ1n) is 10.2. The lowest BCUT2D eigenvalue weighted by Crippen LogP contribution is -3.10. The van der Waals surface area contributed by atoms with Gasteiger partial charge in [-0.05, 0) is 38.1 Å². The number of nitrogens with one attached hydrogen (secondary N) is 2. The Morgan fingerprint density at radius 1 is 1.14 bits per heavy atom. The van der Waals surface area contributed by atoms with Crippen LogP contribution in [0.4, 0.5) is 0 Å². The summed E-state index contributed by atoms with van der Waals surface area (Å²) in [5.74, 6) is -0.158. The second kappa shape index (κ2) is 9.35. The van der Waals surface area contributed by atoms with Crippen LogP contribution in [0.2, 0.25) is 0 Å². The molecule has 1 aromatic rings. The lowest BCUT2D eigenvalue weighted by atomic mass is 10.2. The van der Waals surface area contributed by atoms with Crippen molar-refractivity contribution in [2.45, 2.75) is 50.2 Å². The van der Waals surface area contributed by atoms with Crippen LogP contribution in [0, 0.1) is 0 Å². The molecular formula is C20H32N3O4S+. The summed E-state index contributed by atoms with van der Waals surface area (Å²) >= 11 is 0. The van der Waals surface area contributed by atoms with Gasteiger partial charge in [0, 0.05) is 44.5 Å². The van der Waals surface area contributed by atoms with Crippen molar-refractivity contribution in [2.75, 3.05) is 39.3 Å². The van der Waals surface area contributed by atoms with E-state index >= 15 is 0 Å². The average molecular weight is 411 g/mol. The Balaban J connectivity index is 1.54. The number of benzene rings is 1. The molecule has 1 aromatic carbocycles. The van der Waals surface area contributed by atoms with Gasteiger partial charge in [0.1, 0.15) is 0 Å². The zero-order valence-electron chi connectivity index (χ0n) is 16.8. The molecule has 2 aliphatic rings. The van der Waals surface area contributed by atoms with Gasteiger partial charge in [0.05, 0.1) is 36.7 Å². The van der Waals surface area contributed by atoms with E-state index in [0.717, 1.165) is 13.0 Å². The number of likely N-dealkylation sites (tertiary alicyclic amines) is 1. The smallest absolute Gasteiger partial charge is 0.251 e. The fourth-order valence-electron chi connectivity index (χ4n) is 4.02. The highest BCUT2D eigenvalue weighted by Crippen LogP contribution is 2.21. The van der Waals surface area contributed by atoms with Crippen molar-refractivity contribution in [2.24, 2.45) is 0 Å². The van der Waals surface area contributed by atoms with Gasteiger partial charge in [0.15, 0.2) is 0 Å². The Kier molecular flexibility index (Phi) is 7.09. The van der Waals surface area contributed by atoms with E-state index in [1.165, 1.54) is 42.4 Å².